The van der Waals surface area contributed by atoms with Crippen molar-refractivity contribution in [2.45, 2.75) is 51.3 Å². The fourth-order valence-corrected chi connectivity index (χ4v) is 3.32. The molecule has 0 bridgehead atoms. The SMILES string of the molecule is CC(=O)N[C@H](CC(=O)N[C@H](C)[C@@H]1CCCO1)c1cccs1. The number of rotatable bonds is 6. The van der Waals surface area contributed by atoms with Crippen LogP contribution in [0.1, 0.15) is 44.0 Å². The summed E-state index contributed by atoms with van der Waals surface area (Å²) in [6.07, 6.45) is 2.39. The Hall–Kier alpha value is -1.40. The van der Waals surface area contributed by atoms with E-state index in [1.165, 1.54) is 18.3 Å². The standard InChI is InChI=1S/C15H22N2O3S/c1-10(13-5-3-7-20-13)16-15(19)9-12(17-11(2)18)14-6-4-8-21-14/h4,6,8,10,12-13H,3,5,7,9H2,1-2H3,(H,16,19)(H,17,18)/t10-,12-,13+/m1/s1. The molecular formula is C15H22N2O3S. The van der Waals surface area contributed by atoms with Gasteiger partial charge in [0.15, 0.2) is 0 Å². The third-order valence-electron chi connectivity index (χ3n) is 3.56. The molecule has 6 heteroatoms. The van der Waals surface area contributed by atoms with E-state index in [4.69, 9.17) is 4.74 Å². The molecule has 3 atom stereocenters. The molecule has 2 N–H and O–H groups in total. The lowest BCUT2D eigenvalue weighted by Gasteiger charge is -2.22. The number of hydrogen-bond donors (Lipinski definition) is 2. The first-order valence-corrected chi connectivity index (χ1v) is 8.15. The third-order valence-corrected chi connectivity index (χ3v) is 4.55. The number of nitrogens with one attached hydrogen (secondary N) is 2. The maximum absolute atomic E-state index is 12.2. The van der Waals surface area contributed by atoms with Gasteiger partial charge in [-0.2, -0.15) is 0 Å². The van der Waals surface area contributed by atoms with Crippen molar-refractivity contribution in [3.8, 4) is 0 Å². The Bertz CT molecular complexity index is 469. The Morgan fingerprint density at radius 3 is 2.86 bits per heavy atom. The zero-order valence-electron chi connectivity index (χ0n) is 12.4. The summed E-state index contributed by atoms with van der Waals surface area (Å²) < 4.78 is 5.57. The Balaban J connectivity index is 1.89. The first-order chi connectivity index (χ1) is 10.1. The summed E-state index contributed by atoms with van der Waals surface area (Å²) >= 11 is 1.54. The van der Waals surface area contributed by atoms with Gasteiger partial charge in [-0.3, -0.25) is 9.59 Å². The van der Waals surface area contributed by atoms with E-state index in [2.05, 4.69) is 10.6 Å². The zero-order chi connectivity index (χ0) is 15.2. The highest BCUT2D eigenvalue weighted by Gasteiger charge is 2.25. The topological polar surface area (TPSA) is 67.4 Å². The zero-order valence-corrected chi connectivity index (χ0v) is 13.2. The van der Waals surface area contributed by atoms with Crippen molar-refractivity contribution in [1.29, 1.82) is 0 Å². The minimum atomic E-state index is -0.265. The molecule has 0 saturated carbocycles. The van der Waals surface area contributed by atoms with E-state index in [-0.39, 0.29) is 36.4 Å². The minimum Gasteiger partial charge on any atom is -0.376 e. The second kappa shape index (κ2) is 7.56. The summed E-state index contributed by atoms with van der Waals surface area (Å²) in [5.41, 5.74) is 0. The molecular weight excluding hydrogens is 288 g/mol. The van der Waals surface area contributed by atoms with Crippen molar-refractivity contribution in [3.05, 3.63) is 22.4 Å². The largest absolute Gasteiger partial charge is 0.376 e. The second-order valence-electron chi connectivity index (χ2n) is 5.38. The summed E-state index contributed by atoms with van der Waals surface area (Å²) in [5.74, 6) is -0.196. The van der Waals surface area contributed by atoms with Crippen LogP contribution in [-0.2, 0) is 14.3 Å². The lowest BCUT2D eigenvalue weighted by Crippen LogP contribution is -2.42. The Morgan fingerprint density at radius 2 is 2.29 bits per heavy atom. The van der Waals surface area contributed by atoms with Crippen LogP contribution in [0.15, 0.2) is 17.5 Å². The molecule has 0 aromatic carbocycles. The molecule has 0 spiro atoms. The Morgan fingerprint density at radius 1 is 1.48 bits per heavy atom. The molecule has 0 aliphatic carbocycles. The number of hydrogen-bond acceptors (Lipinski definition) is 4. The van der Waals surface area contributed by atoms with Crippen molar-refractivity contribution in [2.75, 3.05) is 6.61 Å². The highest BCUT2D eigenvalue weighted by molar-refractivity contribution is 7.10. The maximum atomic E-state index is 12.2. The van der Waals surface area contributed by atoms with Gasteiger partial charge in [-0.25, -0.2) is 0 Å². The molecule has 0 unspecified atom stereocenters. The number of amides is 2. The Labute approximate surface area is 129 Å². The number of thiophene rings is 1. The normalized spacial score (nSPS) is 20.8. The summed E-state index contributed by atoms with van der Waals surface area (Å²) in [5, 5.41) is 7.75. The average molecular weight is 310 g/mol. The molecule has 21 heavy (non-hydrogen) atoms. The van der Waals surface area contributed by atoms with Crippen LogP contribution in [-0.4, -0.2) is 30.6 Å². The fraction of sp³-hybridized carbons (Fsp3) is 0.600. The predicted octanol–water partition coefficient (Wildman–Crippen LogP) is 2.00. The van der Waals surface area contributed by atoms with Gasteiger partial charge in [-0.15, -0.1) is 11.3 Å². The van der Waals surface area contributed by atoms with Gasteiger partial charge in [-0.05, 0) is 31.2 Å². The van der Waals surface area contributed by atoms with E-state index < -0.39 is 0 Å². The van der Waals surface area contributed by atoms with E-state index in [0.29, 0.717) is 0 Å². The molecule has 116 valence electrons. The molecule has 1 aromatic rings. The molecule has 1 aliphatic heterocycles. The van der Waals surface area contributed by atoms with Gasteiger partial charge in [0.05, 0.1) is 24.6 Å². The van der Waals surface area contributed by atoms with Gasteiger partial charge in [0, 0.05) is 18.4 Å². The van der Waals surface area contributed by atoms with Crippen LogP contribution in [0.25, 0.3) is 0 Å². The van der Waals surface area contributed by atoms with E-state index >= 15 is 0 Å². The number of carbonyl (C=O) groups excluding carboxylic acids is 2. The van der Waals surface area contributed by atoms with Crippen LogP contribution in [0.4, 0.5) is 0 Å². The van der Waals surface area contributed by atoms with E-state index in [1.807, 2.05) is 24.4 Å². The quantitative estimate of drug-likeness (QED) is 0.844. The lowest BCUT2D eigenvalue weighted by atomic mass is 10.1. The molecule has 2 rings (SSSR count). The summed E-state index contributed by atoms with van der Waals surface area (Å²) in [6.45, 7) is 4.20. The van der Waals surface area contributed by atoms with E-state index in [1.54, 1.807) is 0 Å². The first-order valence-electron chi connectivity index (χ1n) is 7.27. The van der Waals surface area contributed by atoms with Gasteiger partial charge < -0.3 is 15.4 Å². The highest BCUT2D eigenvalue weighted by Crippen LogP contribution is 2.22. The smallest absolute Gasteiger partial charge is 0.222 e. The van der Waals surface area contributed by atoms with Crippen LogP contribution in [0.3, 0.4) is 0 Å². The van der Waals surface area contributed by atoms with Crippen molar-refractivity contribution >= 4 is 23.2 Å². The van der Waals surface area contributed by atoms with Crippen molar-refractivity contribution in [2.24, 2.45) is 0 Å². The van der Waals surface area contributed by atoms with Crippen molar-refractivity contribution < 1.29 is 14.3 Å². The summed E-state index contributed by atoms with van der Waals surface area (Å²) in [7, 11) is 0. The first kappa shape index (κ1) is 16.0. The predicted molar refractivity (Wildman–Crippen MR) is 82.1 cm³/mol. The van der Waals surface area contributed by atoms with Crippen LogP contribution in [0, 0.1) is 0 Å². The van der Waals surface area contributed by atoms with Crippen LogP contribution < -0.4 is 10.6 Å². The van der Waals surface area contributed by atoms with Gasteiger partial charge in [0.1, 0.15) is 0 Å². The van der Waals surface area contributed by atoms with Crippen LogP contribution >= 0.6 is 11.3 Å². The summed E-state index contributed by atoms with van der Waals surface area (Å²) in [4.78, 5) is 24.5. The van der Waals surface area contributed by atoms with Crippen molar-refractivity contribution in [1.82, 2.24) is 10.6 Å². The monoisotopic (exact) mass is 310 g/mol. The molecule has 2 heterocycles. The van der Waals surface area contributed by atoms with E-state index in [9.17, 15) is 9.59 Å². The maximum Gasteiger partial charge on any atom is 0.222 e. The molecule has 1 fully saturated rings. The number of carbonyl (C=O) groups is 2. The third kappa shape index (κ3) is 4.82. The molecule has 2 amide bonds. The molecule has 1 aromatic heterocycles. The van der Waals surface area contributed by atoms with Crippen LogP contribution in [0.2, 0.25) is 0 Å². The molecule has 1 saturated heterocycles. The number of ether oxygens (including phenoxy) is 1. The average Bonchev–Trinajstić information content (AvgIpc) is 3.11. The summed E-state index contributed by atoms with van der Waals surface area (Å²) in [6, 6.07) is 3.59. The van der Waals surface area contributed by atoms with Crippen LogP contribution in [0.5, 0.6) is 0 Å². The van der Waals surface area contributed by atoms with Gasteiger partial charge in [0.25, 0.3) is 0 Å². The highest BCUT2D eigenvalue weighted by atomic mass is 32.1. The molecule has 1 aliphatic rings. The van der Waals surface area contributed by atoms with Gasteiger partial charge >= 0.3 is 0 Å². The van der Waals surface area contributed by atoms with E-state index in [0.717, 1.165) is 24.3 Å². The second-order valence-corrected chi connectivity index (χ2v) is 6.36. The van der Waals surface area contributed by atoms with Crippen molar-refractivity contribution in [3.63, 3.8) is 0 Å². The molecule has 0 radical (unpaired) electrons. The molecule has 5 nitrogen and oxygen atoms in total. The van der Waals surface area contributed by atoms with Gasteiger partial charge in [-0.1, -0.05) is 6.07 Å². The fourth-order valence-electron chi connectivity index (χ4n) is 2.55. The minimum absolute atomic E-state index is 0.00122. The van der Waals surface area contributed by atoms with Gasteiger partial charge in [0.2, 0.25) is 11.8 Å². The Kier molecular flexibility index (Phi) is 5.76. The lowest BCUT2D eigenvalue weighted by molar-refractivity contribution is -0.123.